The first-order valence-electron chi connectivity index (χ1n) is 8.15. The average molecular weight is 406 g/mol. The Morgan fingerprint density at radius 1 is 1.14 bits per heavy atom. The Morgan fingerprint density at radius 3 is 2.43 bits per heavy atom. The van der Waals surface area contributed by atoms with E-state index in [4.69, 9.17) is 0 Å². The minimum absolute atomic E-state index is 0.0333. The number of non-ortho nitro benzene ring substituents is 1. The van der Waals surface area contributed by atoms with Crippen LogP contribution in [0, 0.1) is 10.1 Å². The second kappa shape index (κ2) is 9.09. The lowest BCUT2D eigenvalue weighted by Gasteiger charge is -2.16. The molecule has 0 spiro atoms. The van der Waals surface area contributed by atoms with Crippen molar-refractivity contribution < 1.29 is 27.7 Å². The molecular weight excluding hydrogens is 388 g/mol. The van der Waals surface area contributed by atoms with Gasteiger partial charge in [0.05, 0.1) is 22.7 Å². The van der Waals surface area contributed by atoms with E-state index in [2.05, 4.69) is 10.1 Å². The number of benzene rings is 2. The van der Waals surface area contributed by atoms with E-state index in [0.29, 0.717) is 0 Å². The van der Waals surface area contributed by atoms with Gasteiger partial charge in [-0.3, -0.25) is 14.9 Å². The number of ether oxygens (including phenoxy) is 1. The zero-order valence-corrected chi connectivity index (χ0v) is 15.7. The molecular formula is C18H18N2O7S. The SMILES string of the molecule is COC(=O)[C@H](CCS(=O)(=O)c1ccccc1)NC(=O)c1cccc([N+](=O)[O-])c1. The van der Waals surface area contributed by atoms with Gasteiger partial charge in [-0.25, -0.2) is 13.2 Å². The van der Waals surface area contributed by atoms with Crippen LogP contribution in [0.5, 0.6) is 0 Å². The summed E-state index contributed by atoms with van der Waals surface area (Å²) in [5.74, 6) is -1.97. The smallest absolute Gasteiger partial charge is 0.328 e. The maximum Gasteiger partial charge on any atom is 0.328 e. The van der Waals surface area contributed by atoms with E-state index in [1.165, 1.54) is 30.3 Å². The maximum absolute atomic E-state index is 12.4. The highest BCUT2D eigenvalue weighted by molar-refractivity contribution is 7.91. The van der Waals surface area contributed by atoms with Crippen LogP contribution in [-0.2, 0) is 19.4 Å². The van der Waals surface area contributed by atoms with E-state index < -0.39 is 38.4 Å². The monoisotopic (exact) mass is 406 g/mol. The molecule has 0 saturated heterocycles. The minimum atomic E-state index is -3.66. The lowest BCUT2D eigenvalue weighted by molar-refractivity contribution is -0.384. The van der Waals surface area contributed by atoms with Crippen LogP contribution >= 0.6 is 0 Å². The van der Waals surface area contributed by atoms with Crippen LogP contribution in [0.4, 0.5) is 5.69 Å². The van der Waals surface area contributed by atoms with Crippen molar-refractivity contribution in [2.24, 2.45) is 0 Å². The molecule has 28 heavy (non-hydrogen) atoms. The molecule has 0 fully saturated rings. The Morgan fingerprint density at radius 2 is 1.82 bits per heavy atom. The number of hydrogen-bond acceptors (Lipinski definition) is 7. The Labute approximate surface area is 161 Å². The molecule has 10 heteroatoms. The normalized spacial score (nSPS) is 12.0. The zero-order chi connectivity index (χ0) is 20.7. The van der Waals surface area contributed by atoms with E-state index >= 15 is 0 Å². The number of amides is 1. The molecule has 0 unspecified atom stereocenters. The molecule has 0 aliphatic rings. The van der Waals surface area contributed by atoms with Crippen molar-refractivity contribution in [2.75, 3.05) is 12.9 Å². The van der Waals surface area contributed by atoms with Gasteiger partial charge in [0.15, 0.2) is 9.84 Å². The quantitative estimate of drug-likeness (QED) is 0.401. The van der Waals surface area contributed by atoms with Gasteiger partial charge in [0.2, 0.25) is 0 Å². The highest BCUT2D eigenvalue weighted by Gasteiger charge is 2.26. The molecule has 2 rings (SSSR count). The summed E-state index contributed by atoms with van der Waals surface area (Å²) >= 11 is 0. The fraction of sp³-hybridized carbons (Fsp3) is 0.222. The molecule has 1 amide bonds. The summed E-state index contributed by atoms with van der Waals surface area (Å²) in [6.45, 7) is 0. The molecule has 0 heterocycles. The number of nitrogens with zero attached hydrogens (tertiary/aromatic N) is 1. The summed E-state index contributed by atoms with van der Waals surface area (Å²) in [4.78, 5) is 34.6. The molecule has 0 aromatic heterocycles. The second-order valence-corrected chi connectivity index (χ2v) is 7.89. The summed E-state index contributed by atoms with van der Waals surface area (Å²) < 4.78 is 29.4. The van der Waals surface area contributed by atoms with Gasteiger partial charge in [0.1, 0.15) is 6.04 Å². The van der Waals surface area contributed by atoms with Gasteiger partial charge in [-0.15, -0.1) is 0 Å². The van der Waals surface area contributed by atoms with Crippen molar-refractivity contribution in [2.45, 2.75) is 17.4 Å². The molecule has 0 saturated carbocycles. The standard InChI is InChI=1S/C18H18N2O7S/c1-27-18(22)16(10-11-28(25,26)15-8-3-2-4-9-15)19-17(21)13-6-5-7-14(12-13)20(23)24/h2-9,12,16H,10-11H2,1H3,(H,19,21)/t16-/m0/s1. The molecule has 2 aromatic rings. The second-order valence-electron chi connectivity index (χ2n) is 5.78. The third-order valence-electron chi connectivity index (χ3n) is 3.89. The zero-order valence-electron chi connectivity index (χ0n) is 14.9. The lowest BCUT2D eigenvalue weighted by atomic mass is 10.1. The van der Waals surface area contributed by atoms with Crippen LogP contribution in [0.2, 0.25) is 0 Å². The highest BCUT2D eigenvalue weighted by atomic mass is 32.2. The number of methoxy groups -OCH3 is 1. The third kappa shape index (κ3) is 5.36. The summed E-state index contributed by atoms with van der Waals surface area (Å²) in [6.07, 6.45) is -0.218. The van der Waals surface area contributed by atoms with E-state index in [1.807, 2.05) is 0 Å². The van der Waals surface area contributed by atoms with Crippen LogP contribution in [0.25, 0.3) is 0 Å². The van der Waals surface area contributed by atoms with Crippen LogP contribution < -0.4 is 5.32 Å². The molecule has 0 aliphatic heterocycles. The molecule has 0 aliphatic carbocycles. The number of carbonyl (C=O) groups is 2. The van der Waals surface area contributed by atoms with E-state index in [-0.39, 0.29) is 22.6 Å². The van der Waals surface area contributed by atoms with Gasteiger partial charge in [-0.05, 0) is 24.6 Å². The number of nitrogens with one attached hydrogen (secondary N) is 1. The lowest BCUT2D eigenvalue weighted by Crippen LogP contribution is -2.42. The Bertz CT molecular complexity index is 974. The highest BCUT2D eigenvalue weighted by Crippen LogP contribution is 2.15. The van der Waals surface area contributed by atoms with Crippen molar-refractivity contribution in [1.82, 2.24) is 5.32 Å². The number of hydrogen-bond donors (Lipinski definition) is 1. The van der Waals surface area contributed by atoms with Crippen LogP contribution in [-0.4, -0.2) is 44.1 Å². The first-order chi connectivity index (χ1) is 13.2. The summed E-state index contributed by atoms with van der Waals surface area (Å²) in [7, 11) is -2.55. The van der Waals surface area contributed by atoms with Gasteiger partial charge in [0.25, 0.3) is 11.6 Å². The van der Waals surface area contributed by atoms with Gasteiger partial charge in [-0.1, -0.05) is 24.3 Å². The summed E-state index contributed by atoms with van der Waals surface area (Å²) in [5, 5.41) is 13.2. The first kappa shape index (κ1) is 21.0. The number of sulfone groups is 1. The number of nitro groups is 1. The largest absolute Gasteiger partial charge is 0.467 e. The third-order valence-corrected chi connectivity index (χ3v) is 5.65. The number of nitro benzene ring substituents is 1. The van der Waals surface area contributed by atoms with E-state index in [9.17, 15) is 28.1 Å². The first-order valence-corrected chi connectivity index (χ1v) is 9.81. The predicted octanol–water partition coefficient (Wildman–Crippen LogP) is 1.73. The van der Waals surface area contributed by atoms with Gasteiger partial charge >= 0.3 is 5.97 Å². The topological polar surface area (TPSA) is 133 Å². The maximum atomic E-state index is 12.4. The Balaban J connectivity index is 2.14. The Hall–Kier alpha value is -3.27. The van der Waals surface area contributed by atoms with Crippen LogP contribution in [0.1, 0.15) is 16.8 Å². The fourth-order valence-corrected chi connectivity index (χ4v) is 3.77. The Kier molecular flexibility index (Phi) is 6.83. The van der Waals surface area contributed by atoms with E-state index in [0.717, 1.165) is 13.2 Å². The summed E-state index contributed by atoms with van der Waals surface area (Å²) in [5.41, 5.74) is -0.317. The molecule has 1 N–H and O–H groups in total. The molecule has 1 atom stereocenters. The minimum Gasteiger partial charge on any atom is -0.467 e. The van der Waals surface area contributed by atoms with Crippen LogP contribution in [0.3, 0.4) is 0 Å². The van der Waals surface area contributed by atoms with Crippen molar-refractivity contribution >= 4 is 27.4 Å². The fourth-order valence-electron chi connectivity index (χ4n) is 2.41. The molecule has 0 radical (unpaired) electrons. The van der Waals surface area contributed by atoms with Crippen molar-refractivity contribution in [3.05, 3.63) is 70.3 Å². The van der Waals surface area contributed by atoms with Gasteiger partial charge < -0.3 is 10.1 Å². The predicted molar refractivity (Wildman–Crippen MR) is 99.5 cm³/mol. The van der Waals surface area contributed by atoms with Gasteiger partial charge in [-0.2, -0.15) is 0 Å². The van der Waals surface area contributed by atoms with Crippen LogP contribution in [0.15, 0.2) is 59.5 Å². The van der Waals surface area contributed by atoms with Crippen molar-refractivity contribution in [3.8, 4) is 0 Å². The number of rotatable bonds is 8. The summed E-state index contributed by atoms with van der Waals surface area (Å²) in [6, 6.07) is 11.4. The van der Waals surface area contributed by atoms with Crippen molar-refractivity contribution in [1.29, 1.82) is 0 Å². The molecule has 148 valence electrons. The molecule has 2 aromatic carbocycles. The molecule has 0 bridgehead atoms. The molecule has 9 nitrogen and oxygen atoms in total. The number of esters is 1. The average Bonchev–Trinajstić information content (AvgIpc) is 2.71. The van der Waals surface area contributed by atoms with Crippen molar-refractivity contribution in [3.63, 3.8) is 0 Å². The van der Waals surface area contributed by atoms with E-state index in [1.54, 1.807) is 18.2 Å². The number of carbonyl (C=O) groups excluding carboxylic acids is 2. The van der Waals surface area contributed by atoms with Gasteiger partial charge in [0, 0.05) is 17.7 Å².